The molecule has 214 valence electrons. The van der Waals surface area contributed by atoms with Gasteiger partial charge in [0.1, 0.15) is 10.8 Å². The Kier molecular flexibility index (Phi) is 8.18. The molecule has 2 aliphatic rings. The molecular formula is C31H37ClN2O4S2. The molecule has 5 rings (SSSR count). The number of carbonyl (C=O) groups is 1. The minimum absolute atomic E-state index is 0.0425. The van der Waals surface area contributed by atoms with E-state index >= 15 is 0 Å². The fraction of sp³-hybridized carbons (Fsp3) is 0.484. The van der Waals surface area contributed by atoms with Crippen LogP contribution in [0, 0.1) is 23.2 Å². The first-order chi connectivity index (χ1) is 18.9. The molecule has 0 bridgehead atoms. The second-order valence-electron chi connectivity index (χ2n) is 11.9. The third kappa shape index (κ3) is 5.60. The van der Waals surface area contributed by atoms with Crippen molar-refractivity contribution in [3.63, 3.8) is 0 Å². The second kappa shape index (κ2) is 11.2. The van der Waals surface area contributed by atoms with E-state index in [1.54, 1.807) is 17.0 Å². The van der Waals surface area contributed by atoms with Crippen LogP contribution in [0.1, 0.15) is 60.7 Å². The van der Waals surface area contributed by atoms with E-state index in [4.69, 9.17) is 16.6 Å². The summed E-state index contributed by atoms with van der Waals surface area (Å²) in [6.45, 7) is 6.81. The zero-order valence-corrected chi connectivity index (χ0v) is 25.8. The first kappa shape index (κ1) is 29.2. The lowest BCUT2D eigenvalue weighted by Gasteiger charge is -2.53. The first-order valence-electron chi connectivity index (χ1n) is 13.8. The Bertz CT molecular complexity index is 1470. The number of amides is 1. The van der Waals surface area contributed by atoms with Crippen LogP contribution in [0.5, 0.6) is 0 Å². The van der Waals surface area contributed by atoms with Crippen molar-refractivity contribution < 1.29 is 18.3 Å². The maximum Gasteiger partial charge on any atom is 0.225 e. The van der Waals surface area contributed by atoms with Crippen LogP contribution in [0.4, 0.5) is 0 Å². The van der Waals surface area contributed by atoms with Gasteiger partial charge in [0.05, 0.1) is 16.7 Å². The molecular weight excluding hydrogens is 564 g/mol. The van der Waals surface area contributed by atoms with E-state index in [9.17, 15) is 18.3 Å². The number of carbonyl (C=O) groups excluding carboxylic acids is 1. The highest BCUT2D eigenvalue weighted by molar-refractivity contribution is 7.90. The van der Waals surface area contributed by atoms with E-state index in [1.165, 1.54) is 23.5 Å². The number of sulfone groups is 1. The fourth-order valence-electron chi connectivity index (χ4n) is 7.01. The number of thiazole rings is 1. The average molecular weight is 601 g/mol. The third-order valence-electron chi connectivity index (χ3n) is 9.12. The largest absolute Gasteiger partial charge is 0.392 e. The number of aromatic nitrogens is 1. The van der Waals surface area contributed by atoms with Gasteiger partial charge in [-0.25, -0.2) is 13.4 Å². The molecule has 1 heterocycles. The summed E-state index contributed by atoms with van der Waals surface area (Å²) in [5.41, 5.74) is 1.83. The second-order valence-corrected chi connectivity index (χ2v) is 15.5. The number of benzene rings is 2. The smallest absolute Gasteiger partial charge is 0.225 e. The van der Waals surface area contributed by atoms with Gasteiger partial charge in [0.25, 0.3) is 0 Å². The Morgan fingerprint density at radius 3 is 2.55 bits per heavy atom. The summed E-state index contributed by atoms with van der Waals surface area (Å²) in [5.74, 6) is -0.668. The van der Waals surface area contributed by atoms with Crippen molar-refractivity contribution in [2.24, 2.45) is 23.2 Å². The number of aliphatic hydroxyl groups is 1. The molecule has 0 spiro atoms. The van der Waals surface area contributed by atoms with Gasteiger partial charge in [-0.1, -0.05) is 62.7 Å². The number of halogens is 1. The molecule has 40 heavy (non-hydrogen) atoms. The zero-order valence-electron chi connectivity index (χ0n) is 23.4. The van der Waals surface area contributed by atoms with Gasteiger partial charge >= 0.3 is 0 Å². The maximum atomic E-state index is 13.4. The van der Waals surface area contributed by atoms with Crippen molar-refractivity contribution in [3.8, 4) is 0 Å². The standard InChI is InChI=1S/C31H37ClN2O4S2/c1-19(30(36)34(4)17-21-8-6-5-7-9-21)24-14-15-31(3)16-25-28(20(2)27(31)29(24)35)33-26(39-25)18-40(37,38)23-12-10-22(32)11-13-23/h5-13,19-20,24,27,29,35H,14-18H2,1-4H3/t19-,20-,24?,27+,29-,31-/m0/s1. The van der Waals surface area contributed by atoms with Gasteiger partial charge in [-0.05, 0) is 66.3 Å². The quantitative estimate of drug-likeness (QED) is 0.353. The van der Waals surface area contributed by atoms with Crippen molar-refractivity contribution in [1.82, 2.24) is 9.88 Å². The van der Waals surface area contributed by atoms with Gasteiger partial charge in [0.2, 0.25) is 5.91 Å². The van der Waals surface area contributed by atoms with Gasteiger partial charge in [-0.15, -0.1) is 11.3 Å². The number of rotatable bonds is 7. The fourth-order valence-corrected chi connectivity index (χ4v) is 10.1. The molecule has 3 aromatic rings. The molecule has 0 saturated heterocycles. The molecule has 6 nitrogen and oxygen atoms in total. The van der Waals surface area contributed by atoms with E-state index in [0.717, 1.165) is 35.4 Å². The molecule has 1 N–H and O–H groups in total. The average Bonchev–Trinajstić information content (AvgIpc) is 3.29. The molecule has 2 aliphatic carbocycles. The molecule has 0 radical (unpaired) electrons. The van der Waals surface area contributed by atoms with Crippen LogP contribution in [-0.4, -0.2) is 42.5 Å². The van der Waals surface area contributed by atoms with Crippen molar-refractivity contribution in [1.29, 1.82) is 0 Å². The number of hydrogen-bond donors (Lipinski definition) is 1. The summed E-state index contributed by atoms with van der Waals surface area (Å²) in [7, 11) is -1.73. The van der Waals surface area contributed by atoms with Crippen LogP contribution >= 0.6 is 22.9 Å². The minimum Gasteiger partial charge on any atom is -0.392 e. The summed E-state index contributed by atoms with van der Waals surface area (Å²) in [5, 5.41) is 12.8. The van der Waals surface area contributed by atoms with Gasteiger partial charge < -0.3 is 10.0 Å². The highest BCUT2D eigenvalue weighted by Crippen LogP contribution is 2.57. The molecule has 1 amide bonds. The monoisotopic (exact) mass is 600 g/mol. The summed E-state index contributed by atoms with van der Waals surface area (Å²) >= 11 is 7.42. The number of nitrogens with zero attached hydrogens (tertiary/aromatic N) is 2. The predicted octanol–water partition coefficient (Wildman–Crippen LogP) is 6.12. The topological polar surface area (TPSA) is 87.6 Å². The molecule has 2 aromatic carbocycles. The molecule has 0 aliphatic heterocycles. The lowest BCUT2D eigenvalue weighted by molar-refractivity contribution is -0.144. The van der Waals surface area contributed by atoms with Crippen LogP contribution < -0.4 is 0 Å². The number of hydrogen-bond acceptors (Lipinski definition) is 6. The van der Waals surface area contributed by atoms with Crippen molar-refractivity contribution >= 4 is 38.7 Å². The van der Waals surface area contributed by atoms with E-state index in [0.29, 0.717) is 16.6 Å². The van der Waals surface area contributed by atoms with Crippen LogP contribution in [-0.2, 0) is 33.4 Å². The lowest BCUT2D eigenvalue weighted by atomic mass is 9.53. The van der Waals surface area contributed by atoms with E-state index < -0.39 is 15.9 Å². The maximum absolute atomic E-state index is 13.4. The van der Waals surface area contributed by atoms with Crippen molar-refractivity contribution in [3.05, 3.63) is 80.8 Å². The number of fused-ring (bicyclic) bond motifs is 2. The van der Waals surface area contributed by atoms with Crippen LogP contribution in [0.25, 0.3) is 0 Å². The number of aliphatic hydroxyl groups excluding tert-OH is 1. The SMILES string of the molecule is C[C@H](C(=O)N(C)Cc1ccccc1)C1CC[C@@]2(C)Cc3sc(CS(=O)(=O)c4ccc(Cl)cc4)nc3[C@@H](C)[C@@H]2[C@H]1O. The Morgan fingerprint density at radius 2 is 1.88 bits per heavy atom. The Hall–Kier alpha value is -2.26. The van der Waals surface area contributed by atoms with Crippen LogP contribution in [0.3, 0.4) is 0 Å². The molecule has 1 unspecified atom stereocenters. The summed E-state index contributed by atoms with van der Waals surface area (Å²) in [6, 6.07) is 16.1. The Morgan fingerprint density at radius 1 is 1.20 bits per heavy atom. The van der Waals surface area contributed by atoms with E-state index in [2.05, 4.69) is 13.8 Å². The summed E-state index contributed by atoms with van der Waals surface area (Å²) in [4.78, 5) is 21.4. The van der Waals surface area contributed by atoms with Gasteiger partial charge in [-0.3, -0.25) is 4.79 Å². The van der Waals surface area contributed by atoms with Crippen molar-refractivity contribution in [2.45, 2.75) is 69.2 Å². The molecule has 1 fully saturated rings. The van der Waals surface area contributed by atoms with E-state index in [-0.39, 0.29) is 45.6 Å². The lowest BCUT2D eigenvalue weighted by Crippen LogP contribution is -2.53. The first-order valence-corrected chi connectivity index (χ1v) is 16.7. The zero-order chi connectivity index (χ0) is 28.8. The summed E-state index contributed by atoms with van der Waals surface area (Å²) in [6.07, 6.45) is 1.79. The summed E-state index contributed by atoms with van der Waals surface area (Å²) < 4.78 is 26.1. The molecule has 6 atom stereocenters. The van der Waals surface area contributed by atoms with Crippen molar-refractivity contribution in [2.75, 3.05) is 7.05 Å². The van der Waals surface area contributed by atoms with Gasteiger partial charge in [0, 0.05) is 35.3 Å². The molecule has 9 heteroatoms. The van der Waals surface area contributed by atoms with Crippen LogP contribution in [0.2, 0.25) is 5.02 Å². The third-order valence-corrected chi connectivity index (χ3v) is 12.3. The predicted molar refractivity (Wildman–Crippen MR) is 159 cm³/mol. The Labute approximate surface area is 246 Å². The van der Waals surface area contributed by atoms with E-state index in [1.807, 2.05) is 44.3 Å². The Balaban J connectivity index is 1.33. The van der Waals surface area contributed by atoms with Crippen LogP contribution in [0.15, 0.2) is 59.5 Å². The highest BCUT2D eigenvalue weighted by atomic mass is 35.5. The molecule has 1 saturated carbocycles. The molecule has 1 aromatic heterocycles. The highest BCUT2D eigenvalue weighted by Gasteiger charge is 2.54. The van der Waals surface area contributed by atoms with Gasteiger partial charge in [0.15, 0.2) is 9.84 Å². The minimum atomic E-state index is -3.56. The van der Waals surface area contributed by atoms with Gasteiger partial charge in [-0.2, -0.15) is 0 Å². The normalized spacial score (nSPS) is 26.9.